The molecule has 0 bridgehead atoms. The average molecular weight is 250 g/mol. The molecule has 1 aromatic carbocycles. The molecular weight excluding hydrogens is 236 g/mol. The summed E-state index contributed by atoms with van der Waals surface area (Å²) in [6, 6.07) is 5.70. The van der Waals surface area contributed by atoms with Crippen LogP contribution in [0.4, 0.5) is 5.69 Å². The van der Waals surface area contributed by atoms with Crippen LogP contribution >= 0.6 is 0 Å². The summed E-state index contributed by atoms with van der Waals surface area (Å²) in [4.78, 5) is 23.4. The Morgan fingerprint density at radius 3 is 2.44 bits per heavy atom. The van der Waals surface area contributed by atoms with Crippen LogP contribution in [0.2, 0.25) is 0 Å². The number of amides is 1. The summed E-state index contributed by atoms with van der Waals surface area (Å²) in [5.41, 5.74) is 0.00761. The number of nitro benzene ring substituents is 1. The molecular formula is C12H14N2O4. The lowest BCUT2D eigenvalue weighted by molar-refractivity contribution is -0.384. The SMILES string of the molecule is O=C(COc1ccc([N+](=O)[O-])cc1)N1CCCC1. The van der Waals surface area contributed by atoms with E-state index in [1.54, 1.807) is 4.90 Å². The molecule has 18 heavy (non-hydrogen) atoms. The van der Waals surface area contributed by atoms with E-state index < -0.39 is 4.92 Å². The van der Waals surface area contributed by atoms with Gasteiger partial charge in [-0.2, -0.15) is 0 Å². The number of nitrogens with zero attached hydrogens (tertiary/aromatic N) is 2. The third kappa shape index (κ3) is 2.97. The summed E-state index contributed by atoms with van der Waals surface area (Å²) in [6.45, 7) is 1.57. The Balaban J connectivity index is 1.86. The summed E-state index contributed by atoms with van der Waals surface area (Å²) in [5.74, 6) is 0.430. The summed E-state index contributed by atoms with van der Waals surface area (Å²) in [6.07, 6.45) is 2.09. The van der Waals surface area contributed by atoms with Gasteiger partial charge < -0.3 is 9.64 Å². The second-order valence-corrected chi connectivity index (χ2v) is 4.13. The Kier molecular flexibility index (Phi) is 3.76. The molecule has 2 rings (SSSR count). The lowest BCUT2D eigenvalue weighted by Gasteiger charge is -2.15. The van der Waals surface area contributed by atoms with Crippen LogP contribution in [0.3, 0.4) is 0 Å². The Morgan fingerprint density at radius 1 is 1.28 bits per heavy atom. The molecule has 0 saturated carbocycles. The van der Waals surface area contributed by atoms with Gasteiger partial charge in [-0.3, -0.25) is 14.9 Å². The van der Waals surface area contributed by atoms with Crippen LogP contribution in [0.25, 0.3) is 0 Å². The zero-order valence-corrected chi connectivity index (χ0v) is 9.87. The number of hydrogen-bond donors (Lipinski definition) is 0. The van der Waals surface area contributed by atoms with Crippen molar-refractivity contribution in [1.82, 2.24) is 4.90 Å². The fourth-order valence-corrected chi connectivity index (χ4v) is 1.87. The fourth-order valence-electron chi connectivity index (χ4n) is 1.87. The average Bonchev–Trinajstić information content (AvgIpc) is 2.90. The van der Waals surface area contributed by atoms with Gasteiger partial charge in [-0.15, -0.1) is 0 Å². The Hall–Kier alpha value is -2.11. The molecule has 6 heteroatoms. The Labute approximate surface area is 104 Å². The van der Waals surface area contributed by atoms with Crippen LogP contribution in [0, 0.1) is 10.1 Å². The molecule has 1 aromatic rings. The molecule has 0 N–H and O–H groups in total. The van der Waals surface area contributed by atoms with Crippen molar-refractivity contribution in [1.29, 1.82) is 0 Å². The first kappa shape index (κ1) is 12.3. The van der Waals surface area contributed by atoms with Crippen LogP contribution in [-0.2, 0) is 4.79 Å². The molecule has 1 heterocycles. The van der Waals surface area contributed by atoms with Crippen molar-refractivity contribution >= 4 is 11.6 Å². The van der Waals surface area contributed by atoms with E-state index in [2.05, 4.69) is 0 Å². The number of hydrogen-bond acceptors (Lipinski definition) is 4. The van der Waals surface area contributed by atoms with Gasteiger partial charge in [0.1, 0.15) is 5.75 Å². The van der Waals surface area contributed by atoms with Gasteiger partial charge in [0.15, 0.2) is 6.61 Å². The van der Waals surface area contributed by atoms with Crippen molar-refractivity contribution < 1.29 is 14.5 Å². The lowest BCUT2D eigenvalue weighted by Crippen LogP contribution is -2.32. The van der Waals surface area contributed by atoms with Gasteiger partial charge in [0.2, 0.25) is 0 Å². The van der Waals surface area contributed by atoms with Crippen LogP contribution in [0.15, 0.2) is 24.3 Å². The summed E-state index contributed by atoms with van der Waals surface area (Å²) in [7, 11) is 0. The fraction of sp³-hybridized carbons (Fsp3) is 0.417. The molecule has 0 aliphatic carbocycles. The monoisotopic (exact) mass is 250 g/mol. The molecule has 96 valence electrons. The number of non-ortho nitro benzene ring substituents is 1. The lowest BCUT2D eigenvalue weighted by atomic mass is 10.3. The van der Waals surface area contributed by atoms with Crippen LogP contribution in [0.5, 0.6) is 5.75 Å². The van der Waals surface area contributed by atoms with Crippen LogP contribution in [-0.4, -0.2) is 35.4 Å². The summed E-state index contributed by atoms with van der Waals surface area (Å²) in [5, 5.41) is 10.5. The van der Waals surface area contributed by atoms with Crippen molar-refractivity contribution in [2.75, 3.05) is 19.7 Å². The Bertz CT molecular complexity index is 438. The highest BCUT2D eigenvalue weighted by Crippen LogP contribution is 2.17. The van der Waals surface area contributed by atoms with E-state index in [1.807, 2.05) is 0 Å². The predicted octanol–water partition coefficient (Wildman–Crippen LogP) is 1.60. The minimum atomic E-state index is -0.473. The zero-order valence-electron chi connectivity index (χ0n) is 9.87. The van der Waals surface area contributed by atoms with Gasteiger partial charge in [-0.1, -0.05) is 0 Å². The number of benzene rings is 1. The van der Waals surface area contributed by atoms with E-state index >= 15 is 0 Å². The highest BCUT2D eigenvalue weighted by atomic mass is 16.6. The second kappa shape index (κ2) is 5.48. The van der Waals surface area contributed by atoms with E-state index in [9.17, 15) is 14.9 Å². The van der Waals surface area contributed by atoms with Crippen molar-refractivity contribution in [2.24, 2.45) is 0 Å². The number of ether oxygens (including phenoxy) is 1. The van der Waals surface area contributed by atoms with Gasteiger partial charge in [0.25, 0.3) is 11.6 Å². The molecule has 6 nitrogen and oxygen atoms in total. The number of likely N-dealkylation sites (tertiary alicyclic amines) is 1. The van der Waals surface area contributed by atoms with E-state index in [1.165, 1.54) is 24.3 Å². The molecule has 0 atom stereocenters. The molecule has 1 saturated heterocycles. The zero-order chi connectivity index (χ0) is 13.0. The largest absolute Gasteiger partial charge is 0.484 e. The quantitative estimate of drug-likeness (QED) is 0.601. The van der Waals surface area contributed by atoms with Crippen molar-refractivity contribution in [2.45, 2.75) is 12.8 Å². The first-order chi connectivity index (χ1) is 8.66. The van der Waals surface area contributed by atoms with Gasteiger partial charge >= 0.3 is 0 Å². The van der Waals surface area contributed by atoms with Crippen molar-refractivity contribution in [3.05, 3.63) is 34.4 Å². The van der Waals surface area contributed by atoms with E-state index in [4.69, 9.17) is 4.74 Å². The molecule has 1 amide bonds. The number of carbonyl (C=O) groups excluding carboxylic acids is 1. The highest BCUT2D eigenvalue weighted by molar-refractivity contribution is 5.78. The normalized spacial score (nSPS) is 14.6. The maximum atomic E-state index is 11.7. The molecule has 1 aliphatic rings. The Morgan fingerprint density at radius 2 is 1.89 bits per heavy atom. The molecule has 0 unspecified atom stereocenters. The first-order valence-electron chi connectivity index (χ1n) is 5.82. The maximum Gasteiger partial charge on any atom is 0.269 e. The van der Waals surface area contributed by atoms with E-state index in [-0.39, 0.29) is 18.2 Å². The molecule has 0 radical (unpaired) electrons. The molecule has 0 aromatic heterocycles. The van der Waals surface area contributed by atoms with Gasteiger partial charge in [-0.05, 0) is 25.0 Å². The third-order valence-corrected chi connectivity index (χ3v) is 2.87. The van der Waals surface area contributed by atoms with E-state index in [0.717, 1.165) is 25.9 Å². The predicted molar refractivity (Wildman–Crippen MR) is 64.4 cm³/mol. The topological polar surface area (TPSA) is 72.7 Å². The standard InChI is InChI=1S/C12H14N2O4/c15-12(13-7-1-2-8-13)9-18-11-5-3-10(4-6-11)14(16)17/h3-6H,1-2,7-9H2. The smallest absolute Gasteiger partial charge is 0.269 e. The molecule has 1 aliphatic heterocycles. The summed E-state index contributed by atoms with van der Waals surface area (Å²) < 4.78 is 5.30. The van der Waals surface area contributed by atoms with E-state index in [0.29, 0.717) is 5.75 Å². The third-order valence-electron chi connectivity index (χ3n) is 2.87. The van der Waals surface area contributed by atoms with Crippen LogP contribution in [0.1, 0.15) is 12.8 Å². The number of nitro groups is 1. The number of carbonyl (C=O) groups is 1. The maximum absolute atomic E-state index is 11.7. The second-order valence-electron chi connectivity index (χ2n) is 4.13. The van der Waals surface area contributed by atoms with Gasteiger partial charge in [0.05, 0.1) is 4.92 Å². The highest BCUT2D eigenvalue weighted by Gasteiger charge is 2.18. The minimum Gasteiger partial charge on any atom is -0.484 e. The van der Waals surface area contributed by atoms with Gasteiger partial charge in [0, 0.05) is 25.2 Å². The van der Waals surface area contributed by atoms with Gasteiger partial charge in [-0.25, -0.2) is 0 Å². The van der Waals surface area contributed by atoms with Crippen molar-refractivity contribution in [3.8, 4) is 5.75 Å². The molecule has 0 spiro atoms. The number of rotatable bonds is 4. The molecule has 1 fully saturated rings. The van der Waals surface area contributed by atoms with Crippen LogP contribution < -0.4 is 4.74 Å². The summed E-state index contributed by atoms with van der Waals surface area (Å²) >= 11 is 0. The van der Waals surface area contributed by atoms with Crippen molar-refractivity contribution in [3.63, 3.8) is 0 Å². The first-order valence-corrected chi connectivity index (χ1v) is 5.82. The minimum absolute atomic E-state index is 0.00761.